The smallest absolute Gasteiger partial charge is 0.301 e. The van der Waals surface area contributed by atoms with Gasteiger partial charge in [0, 0.05) is 38.8 Å². The van der Waals surface area contributed by atoms with E-state index in [0.29, 0.717) is 17.5 Å². The van der Waals surface area contributed by atoms with Crippen molar-refractivity contribution in [2.24, 2.45) is 0 Å². The van der Waals surface area contributed by atoms with E-state index in [1.807, 2.05) is 179 Å². The van der Waals surface area contributed by atoms with Crippen molar-refractivity contribution >= 4 is 57.4 Å². The van der Waals surface area contributed by atoms with Crippen molar-refractivity contribution in [1.82, 2.24) is 15.0 Å². The standard InChI is InChI=1S/C51H34N5O2P/c57-59(41-25-14-5-15-26-41)55(39-21-10-3-11-22-39)44-31-29-38(34-45(44)56(59)40-23-12-4-13-24-40)37-30-32-46-43(33-37)48-42(27-16-28-47(48)58-46)51-53-49(35-17-6-1-7-18-35)52-50(54-51)36-19-8-2-9-20-36/h1-34H. The van der Waals surface area contributed by atoms with Crippen molar-refractivity contribution < 1.29 is 8.98 Å². The second-order valence-electron chi connectivity index (χ2n) is 14.4. The van der Waals surface area contributed by atoms with Gasteiger partial charge in [-0.3, -0.25) is 13.9 Å². The predicted molar refractivity (Wildman–Crippen MR) is 240 cm³/mol. The highest BCUT2D eigenvalue weighted by atomic mass is 31.2. The summed E-state index contributed by atoms with van der Waals surface area (Å²) >= 11 is 0. The van der Waals surface area contributed by atoms with Crippen LogP contribution in [0, 0.1) is 0 Å². The van der Waals surface area contributed by atoms with Gasteiger partial charge in [-0.1, -0.05) is 140 Å². The SMILES string of the molecule is O=P1(c2ccccc2)N(c2ccccc2)c2ccc(-c3ccc4oc5cccc(-c6nc(-c7ccccc7)nc(-c7ccccc7)n6)c5c4c3)cc2N1c1ccccc1. The Labute approximate surface area is 341 Å². The summed E-state index contributed by atoms with van der Waals surface area (Å²) in [6, 6.07) is 68.5. The number of aromatic nitrogens is 3. The molecule has 0 radical (unpaired) electrons. The first-order valence-corrected chi connectivity index (χ1v) is 21.1. The minimum absolute atomic E-state index is 0.560. The Bertz CT molecular complexity index is 3140. The summed E-state index contributed by atoms with van der Waals surface area (Å²) < 4.78 is 26.7. The molecular formula is C51H34N5O2P. The molecule has 0 aliphatic carbocycles. The minimum atomic E-state index is -3.50. The van der Waals surface area contributed by atoms with Crippen LogP contribution in [0.15, 0.2) is 211 Å². The Balaban J connectivity index is 1.10. The monoisotopic (exact) mass is 779 g/mol. The van der Waals surface area contributed by atoms with E-state index in [1.165, 1.54) is 0 Å². The number of para-hydroxylation sites is 2. The van der Waals surface area contributed by atoms with E-state index in [0.717, 1.165) is 77.8 Å². The molecule has 11 rings (SSSR count). The van der Waals surface area contributed by atoms with Crippen LogP contribution >= 0.6 is 7.44 Å². The van der Waals surface area contributed by atoms with Crippen molar-refractivity contribution in [3.05, 3.63) is 206 Å². The van der Waals surface area contributed by atoms with E-state index >= 15 is 4.57 Å². The molecule has 0 N–H and O–H groups in total. The normalized spacial score (nSPS) is 14.8. The van der Waals surface area contributed by atoms with Crippen molar-refractivity contribution in [2.75, 3.05) is 9.34 Å². The first-order chi connectivity index (χ1) is 29.1. The molecule has 1 aliphatic rings. The van der Waals surface area contributed by atoms with E-state index < -0.39 is 7.44 Å². The number of nitrogens with zero attached hydrogens (tertiary/aromatic N) is 5. The average Bonchev–Trinajstić information content (AvgIpc) is 3.82. The van der Waals surface area contributed by atoms with Crippen LogP contribution in [0.4, 0.5) is 22.7 Å². The van der Waals surface area contributed by atoms with E-state index in [2.05, 4.69) is 36.4 Å². The summed E-state index contributed by atoms with van der Waals surface area (Å²) in [4.78, 5) is 15.0. The van der Waals surface area contributed by atoms with E-state index in [4.69, 9.17) is 19.4 Å². The summed E-state index contributed by atoms with van der Waals surface area (Å²) in [5, 5.41) is 2.61. The van der Waals surface area contributed by atoms with Gasteiger partial charge in [0.15, 0.2) is 17.5 Å². The van der Waals surface area contributed by atoms with Crippen molar-refractivity contribution in [1.29, 1.82) is 0 Å². The third-order valence-electron chi connectivity index (χ3n) is 10.8. The van der Waals surface area contributed by atoms with Crippen LogP contribution in [0.1, 0.15) is 0 Å². The Hall–Kier alpha value is -7.60. The lowest BCUT2D eigenvalue weighted by Crippen LogP contribution is -2.26. The maximum Gasteiger partial charge on any atom is 0.301 e. The molecule has 0 fully saturated rings. The maximum absolute atomic E-state index is 16.1. The van der Waals surface area contributed by atoms with Crippen LogP contribution in [0.3, 0.4) is 0 Å². The molecule has 1 unspecified atom stereocenters. The van der Waals surface area contributed by atoms with Crippen LogP contribution in [0.5, 0.6) is 0 Å². The molecule has 280 valence electrons. The van der Waals surface area contributed by atoms with Crippen LogP contribution in [0.2, 0.25) is 0 Å². The lowest BCUT2D eigenvalue weighted by atomic mass is 9.99. The van der Waals surface area contributed by atoms with Gasteiger partial charge in [0.05, 0.1) is 16.7 Å². The van der Waals surface area contributed by atoms with Gasteiger partial charge in [-0.05, 0) is 77.9 Å². The second-order valence-corrected chi connectivity index (χ2v) is 16.8. The summed E-state index contributed by atoms with van der Waals surface area (Å²) in [6.45, 7) is 0. The summed E-state index contributed by atoms with van der Waals surface area (Å²) in [7, 11) is -3.50. The average molecular weight is 780 g/mol. The van der Waals surface area contributed by atoms with E-state index in [-0.39, 0.29) is 0 Å². The van der Waals surface area contributed by atoms with Crippen molar-refractivity contribution in [3.8, 4) is 45.3 Å². The van der Waals surface area contributed by atoms with Crippen LogP contribution in [-0.2, 0) is 4.57 Å². The van der Waals surface area contributed by atoms with Gasteiger partial charge in [-0.25, -0.2) is 15.0 Å². The quantitative estimate of drug-likeness (QED) is 0.149. The molecule has 10 aromatic rings. The zero-order valence-corrected chi connectivity index (χ0v) is 32.5. The number of furan rings is 1. The summed E-state index contributed by atoms with van der Waals surface area (Å²) in [5.41, 5.74) is 9.55. The zero-order chi connectivity index (χ0) is 39.3. The van der Waals surface area contributed by atoms with Gasteiger partial charge < -0.3 is 4.42 Å². The fraction of sp³-hybridized carbons (Fsp3) is 0. The number of anilines is 4. The fourth-order valence-electron chi connectivity index (χ4n) is 8.14. The molecule has 8 aromatic carbocycles. The Morgan fingerprint density at radius 3 is 1.53 bits per heavy atom. The highest BCUT2D eigenvalue weighted by Crippen LogP contribution is 2.70. The first kappa shape index (κ1) is 34.6. The van der Waals surface area contributed by atoms with Gasteiger partial charge in [0.2, 0.25) is 0 Å². The largest absolute Gasteiger partial charge is 0.456 e. The zero-order valence-electron chi connectivity index (χ0n) is 31.6. The topological polar surface area (TPSA) is 75.4 Å². The van der Waals surface area contributed by atoms with E-state index in [9.17, 15) is 0 Å². The first-order valence-electron chi connectivity index (χ1n) is 19.5. The number of hydrogen-bond acceptors (Lipinski definition) is 5. The molecule has 59 heavy (non-hydrogen) atoms. The molecule has 0 bridgehead atoms. The van der Waals surface area contributed by atoms with Crippen LogP contribution in [-0.4, -0.2) is 15.0 Å². The van der Waals surface area contributed by atoms with E-state index in [1.54, 1.807) is 0 Å². The lowest BCUT2D eigenvalue weighted by molar-refractivity contribution is 0.582. The molecular weight excluding hydrogens is 746 g/mol. The molecule has 8 heteroatoms. The second kappa shape index (κ2) is 14.1. The molecule has 1 atom stereocenters. The van der Waals surface area contributed by atoms with Crippen LogP contribution in [0.25, 0.3) is 67.2 Å². The Morgan fingerprint density at radius 2 is 0.915 bits per heavy atom. The summed E-state index contributed by atoms with van der Waals surface area (Å²) in [5.74, 6) is 1.75. The van der Waals surface area contributed by atoms with Gasteiger partial charge in [0.25, 0.3) is 0 Å². The highest BCUT2D eigenvalue weighted by Gasteiger charge is 2.49. The number of fused-ring (bicyclic) bond motifs is 4. The lowest BCUT2D eigenvalue weighted by Gasteiger charge is -2.33. The molecule has 0 saturated heterocycles. The fourth-order valence-corrected chi connectivity index (χ4v) is 11.1. The van der Waals surface area contributed by atoms with Gasteiger partial charge >= 0.3 is 7.44 Å². The molecule has 3 heterocycles. The molecule has 2 aromatic heterocycles. The number of rotatable bonds is 7. The summed E-state index contributed by atoms with van der Waals surface area (Å²) in [6.07, 6.45) is 0. The molecule has 1 aliphatic heterocycles. The molecule has 7 nitrogen and oxygen atoms in total. The van der Waals surface area contributed by atoms with Gasteiger partial charge in [0.1, 0.15) is 11.2 Å². The Morgan fingerprint density at radius 1 is 0.407 bits per heavy atom. The maximum atomic E-state index is 16.1. The predicted octanol–water partition coefficient (Wildman–Crippen LogP) is 13.2. The van der Waals surface area contributed by atoms with Crippen LogP contribution < -0.4 is 14.6 Å². The van der Waals surface area contributed by atoms with Gasteiger partial charge in [-0.2, -0.15) is 0 Å². The Kier molecular flexibility index (Phi) is 8.28. The molecule has 0 spiro atoms. The van der Waals surface area contributed by atoms with Crippen molar-refractivity contribution in [2.45, 2.75) is 0 Å². The molecule has 0 amide bonds. The highest BCUT2D eigenvalue weighted by molar-refractivity contribution is 7.76. The number of hydrogen-bond donors (Lipinski definition) is 0. The third-order valence-corrected chi connectivity index (χ3v) is 13.8. The minimum Gasteiger partial charge on any atom is -0.456 e. The third kappa shape index (κ3) is 5.82. The van der Waals surface area contributed by atoms with Gasteiger partial charge in [-0.15, -0.1) is 0 Å². The van der Waals surface area contributed by atoms with Crippen molar-refractivity contribution in [3.63, 3.8) is 0 Å². The molecule has 0 saturated carbocycles. The number of benzene rings is 8.